The molecule has 0 saturated carbocycles. The van der Waals surface area contributed by atoms with Gasteiger partial charge in [-0.2, -0.15) is 0 Å². The van der Waals surface area contributed by atoms with Crippen LogP contribution < -0.4 is 5.32 Å². The summed E-state index contributed by atoms with van der Waals surface area (Å²) in [7, 11) is 1.88. The van der Waals surface area contributed by atoms with E-state index < -0.39 is 0 Å². The van der Waals surface area contributed by atoms with Gasteiger partial charge in [-0.25, -0.2) is 0 Å². The molecular formula is C13H16N2O2. The third kappa shape index (κ3) is 3.69. The van der Waals surface area contributed by atoms with Crippen LogP contribution >= 0.6 is 0 Å². The second kappa shape index (κ2) is 6.18. The van der Waals surface area contributed by atoms with Crippen LogP contribution in [0.1, 0.15) is 17.0 Å². The number of benzene rings is 1. The van der Waals surface area contributed by atoms with Crippen molar-refractivity contribution in [3.05, 3.63) is 53.4 Å². The minimum absolute atomic E-state index is 0.450. The maximum absolute atomic E-state index is 5.54. The number of nitrogens with zero attached hydrogens (tertiary/aromatic N) is 1. The Labute approximate surface area is 101 Å². The lowest BCUT2D eigenvalue weighted by atomic mass is 10.2. The number of hydrogen-bond donors (Lipinski definition) is 1. The van der Waals surface area contributed by atoms with Crippen molar-refractivity contribution in [2.75, 3.05) is 7.05 Å². The summed E-state index contributed by atoms with van der Waals surface area (Å²) in [5, 5.41) is 6.93. The Morgan fingerprint density at radius 1 is 1.24 bits per heavy atom. The summed E-state index contributed by atoms with van der Waals surface area (Å²) in [6.45, 7) is 1.75. The molecule has 2 rings (SSSR count). The van der Waals surface area contributed by atoms with E-state index in [-0.39, 0.29) is 0 Å². The minimum atomic E-state index is 0.450. The average molecular weight is 232 g/mol. The quantitative estimate of drug-likeness (QED) is 0.828. The van der Waals surface area contributed by atoms with Crippen molar-refractivity contribution >= 4 is 0 Å². The fourth-order valence-electron chi connectivity index (χ4n) is 1.53. The molecule has 0 atom stereocenters. The topological polar surface area (TPSA) is 47.3 Å². The number of nitrogens with one attached hydrogen (secondary N) is 1. The highest BCUT2D eigenvalue weighted by Crippen LogP contribution is 2.07. The van der Waals surface area contributed by atoms with Crippen molar-refractivity contribution in [2.45, 2.75) is 19.8 Å². The van der Waals surface area contributed by atoms with Gasteiger partial charge in [0.25, 0.3) is 0 Å². The minimum Gasteiger partial charge on any atom is -0.369 e. The number of hydrogen-bond acceptors (Lipinski definition) is 4. The molecule has 0 fully saturated rings. The van der Waals surface area contributed by atoms with E-state index in [9.17, 15) is 0 Å². The van der Waals surface area contributed by atoms with Gasteiger partial charge in [0, 0.05) is 12.6 Å². The average Bonchev–Trinajstić information content (AvgIpc) is 2.79. The van der Waals surface area contributed by atoms with Crippen LogP contribution in [-0.4, -0.2) is 12.2 Å². The van der Waals surface area contributed by atoms with Crippen molar-refractivity contribution in [2.24, 2.45) is 0 Å². The number of rotatable bonds is 6. The van der Waals surface area contributed by atoms with Gasteiger partial charge in [-0.3, -0.25) is 0 Å². The molecule has 0 aliphatic rings. The van der Waals surface area contributed by atoms with Crippen molar-refractivity contribution in [3.8, 4) is 0 Å². The third-order valence-corrected chi connectivity index (χ3v) is 2.32. The van der Waals surface area contributed by atoms with E-state index in [0.29, 0.717) is 19.8 Å². The lowest BCUT2D eigenvalue weighted by Crippen LogP contribution is -2.04. The number of ether oxygens (including phenoxy) is 1. The second-order valence-electron chi connectivity index (χ2n) is 3.79. The summed E-state index contributed by atoms with van der Waals surface area (Å²) < 4.78 is 10.7. The van der Waals surface area contributed by atoms with Crippen LogP contribution in [0.3, 0.4) is 0 Å². The van der Waals surface area contributed by atoms with Gasteiger partial charge in [0.1, 0.15) is 6.61 Å². The van der Waals surface area contributed by atoms with Crippen LogP contribution in [0.2, 0.25) is 0 Å². The van der Waals surface area contributed by atoms with Crippen molar-refractivity contribution < 1.29 is 9.26 Å². The summed E-state index contributed by atoms with van der Waals surface area (Å²) in [5.74, 6) is 0.756. The van der Waals surface area contributed by atoms with Crippen molar-refractivity contribution in [1.29, 1.82) is 0 Å². The van der Waals surface area contributed by atoms with E-state index in [4.69, 9.17) is 9.26 Å². The predicted molar refractivity (Wildman–Crippen MR) is 64.2 cm³/mol. The Hall–Kier alpha value is -1.65. The highest BCUT2D eigenvalue weighted by Gasteiger charge is 2.03. The monoisotopic (exact) mass is 232 g/mol. The van der Waals surface area contributed by atoms with Crippen LogP contribution in [0, 0.1) is 0 Å². The first-order chi connectivity index (χ1) is 8.38. The largest absolute Gasteiger partial charge is 0.369 e. The summed E-state index contributed by atoms with van der Waals surface area (Å²) in [5.41, 5.74) is 2.05. The lowest BCUT2D eigenvalue weighted by molar-refractivity contribution is 0.0883. The third-order valence-electron chi connectivity index (χ3n) is 2.32. The first kappa shape index (κ1) is 11.8. The molecule has 17 heavy (non-hydrogen) atoms. The smallest absolute Gasteiger partial charge is 0.162 e. The lowest BCUT2D eigenvalue weighted by Gasteiger charge is -2.00. The van der Waals surface area contributed by atoms with E-state index in [0.717, 1.165) is 17.0 Å². The maximum Gasteiger partial charge on any atom is 0.162 e. The van der Waals surface area contributed by atoms with Crippen LogP contribution in [0.25, 0.3) is 0 Å². The van der Waals surface area contributed by atoms with Crippen LogP contribution in [-0.2, 0) is 24.5 Å². The van der Waals surface area contributed by atoms with Crippen LogP contribution in [0.15, 0.2) is 40.9 Å². The zero-order valence-corrected chi connectivity index (χ0v) is 9.85. The van der Waals surface area contributed by atoms with Gasteiger partial charge in [-0.05, 0) is 12.6 Å². The number of aromatic nitrogens is 1. The summed E-state index contributed by atoms with van der Waals surface area (Å²) in [6.07, 6.45) is 0. The van der Waals surface area contributed by atoms with Crippen molar-refractivity contribution in [1.82, 2.24) is 10.5 Å². The first-order valence-corrected chi connectivity index (χ1v) is 5.59. The van der Waals surface area contributed by atoms with Gasteiger partial charge < -0.3 is 14.6 Å². The van der Waals surface area contributed by atoms with Gasteiger partial charge in [0.05, 0.1) is 12.3 Å². The fraction of sp³-hybridized carbons (Fsp3) is 0.308. The summed E-state index contributed by atoms with van der Waals surface area (Å²) >= 11 is 0. The SMILES string of the molecule is CNCc1cc(COCc2ccccc2)on1. The molecule has 0 aliphatic carbocycles. The molecule has 0 amide bonds. The zero-order chi connectivity index (χ0) is 11.9. The van der Waals surface area contributed by atoms with Gasteiger partial charge in [0.2, 0.25) is 0 Å². The second-order valence-corrected chi connectivity index (χ2v) is 3.79. The summed E-state index contributed by atoms with van der Waals surface area (Å²) in [4.78, 5) is 0. The van der Waals surface area contributed by atoms with E-state index in [2.05, 4.69) is 10.5 Å². The van der Waals surface area contributed by atoms with Crippen molar-refractivity contribution in [3.63, 3.8) is 0 Å². The Morgan fingerprint density at radius 2 is 2.06 bits per heavy atom. The van der Waals surface area contributed by atoms with Gasteiger partial charge >= 0.3 is 0 Å². The fourth-order valence-corrected chi connectivity index (χ4v) is 1.53. The Bertz CT molecular complexity index is 440. The molecule has 4 heteroatoms. The molecule has 1 heterocycles. The van der Waals surface area contributed by atoms with E-state index in [1.807, 2.05) is 43.4 Å². The van der Waals surface area contributed by atoms with Crippen LogP contribution in [0.4, 0.5) is 0 Å². The highest BCUT2D eigenvalue weighted by atomic mass is 16.5. The molecule has 0 spiro atoms. The molecule has 1 N–H and O–H groups in total. The Kier molecular flexibility index (Phi) is 4.30. The van der Waals surface area contributed by atoms with Gasteiger partial charge in [-0.1, -0.05) is 35.5 Å². The standard InChI is InChI=1S/C13H16N2O2/c1-14-8-12-7-13(17-15-12)10-16-9-11-5-3-2-4-6-11/h2-7,14H,8-10H2,1H3. The molecule has 0 unspecified atom stereocenters. The molecule has 90 valence electrons. The molecule has 4 nitrogen and oxygen atoms in total. The van der Waals surface area contributed by atoms with Gasteiger partial charge in [0.15, 0.2) is 5.76 Å². The molecule has 1 aromatic heterocycles. The molecule has 2 aromatic rings. The highest BCUT2D eigenvalue weighted by molar-refractivity contribution is 5.13. The van der Waals surface area contributed by atoms with Gasteiger partial charge in [-0.15, -0.1) is 0 Å². The summed E-state index contributed by atoms with van der Waals surface area (Å²) in [6, 6.07) is 12.0. The molecule has 0 radical (unpaired) electrons. The van der Waals surface area contributed by atoms with E-state index >= 15 is 0 Å². The van der Waals surface area contributed by atoms with E-state index in [1.54, 1.807) is 0 Å². The normalized spacial score (nSPS) is 10.6. The Morgan fingerprint density at radius 3 is 2.82 bits per heavy atom. The molecule has 0 saturated heterocycles. The molecule has 0 aliphatic heterocycles. The van der Waals surface area contributed by atoms with E-state index in [1.165, 1.54) is 0 Å². The van der Waals surface area contributed by atoms with Crippen LogP contribution in [0.5, 0.6) is 0 Å². The first-order valence-electron chi connectivity index (χ1n) is 5.59. The molecule has 1 aromatic carbocycles. The molecule has 0 bridgehead atoms. The maximum atomic E-state index is 5.54. The Balaban J connectivity index is 1.78. The molecular weight excluding hydrogens is 216 g/mol. The predicted octanol–water partition coefficient (Wildman–Crippen LogP) is 2.11. The zero-order valence-electron chi connectivity index (χ0n) is 9.85.